The number of amides is 1. The van der Waals surface area contributed by atoms with Gasteiger partial charge in [0.05, 0.1) is 6.10 Å². The van der Waals surface area contributed by atoms with Gasteiger partial charge in [-0.15, -0.1) is 0 Å². The van der Waals surface area contributed by atoms with Crippen molar-refractivity contribution in [3.63, 3.8) is 0 Å². The summed E-state index contributed by atoms with van der Waals surface area (Å²) in [7, 11) is 0. The molecule has 1 fully saturated rings. The lowest BCUT2D eigenvalue weighted by molar-refractivity contribution is -0.120. The van der Waals surface area contributed by atoms with E-state index in [-0.39, 0.29) is 12.0 Å². The van der Waals surface area contributed by atoms with Gasteiger partial charge in [-0.1, -0.05) is 58.4 Å². The summed E-state index contributed by atoms with van der Waals surface area (Å²) >= 11 is 3.41. The Morgan fingerprint density at radius 1 is 1.21 bits per heavy atom. The molecule has 2 aromatic carbocycles. The number of nitrogens with one attached hydrogen (secondary N) is 1. The molecule has 0 radical (unpaired) electrons. The van der Waals surface area contributed by atoms with E-state index in [4.69, 9.17) is 10.5 Å². The second-order valence-corrected chi connectivity index (χ2v) is 6.96. The Labute approximate surface area is 150 Å². The van der Waals surface area contributed by atoms with Crippen LogP contribution in [0, 0.1) is 5.92 Å². The molecular formula is C19H21BrN2O2. The number of primary amides is 1. The first-order valence-corrected chi connectivity index (χ1v) is 8.89. The van der Waals surface area contributed by atoms with Gasteiger partial charge in [0.25, 0.3) is 0 Å². The zero-order valence-electron chi connectivity index (χ0n) is 13.3. The van der Waals surface area contributed by atoms with Gasteiger partial charge >= 0.3 is 0 Å². The Morgan fingerprint density at radius 3 is 2.58 bits per heavy atom. The van der Waals surface area contributed by atoms with Crippen molar-refractivity contribution >= 4 is 21.8 Å². The third-order valence-electron chi connectivity index (χ3n) is 4.41. The molecule has 0 aromatic heterocycles. The number of carbonyl (C=O) groups is 1. The van der Waals surface area contributed by atoms with Crippen LogP contribution in [0.1, 0.15) is 29.7 Å². The number of rotatable bonds is 6. The standard InChI is InChI=1S/C19H21BrN2O2/c20-16-8-6-13(7-9-16)17(19(21)23)22-12-15-10-11-24-18(15)14-4-2-1-3-5-14/h1-9,15,17-18,22H,10-12H2,(H2,21,23)/t15-,17+,18-/m1/s1. The normalized spacial score (nSPS) is 21.5. The lowest BCUT2D eigenvalue weighted by Gasteiger charge is -2.22. The van der Waals surface area contributed by atoms with Crippen molar-refractivity contribution < 1.29 is 9.53 Å². The van der Waals surface area contributed by atoms with E-state index in [1.54, 1.807) is 0 Å². The maximum Gasteiger partial charge on any atom is 0.239 e. The second kappa shape index (κ2) is 7.92. The number of hydrogen-bond acceptors (Lipinski definition) is 3. The molecule has 4 nitrogen and oxygen atoms in total. The predicted octanol–water partition coefficient (Wildman–Crippen LogP) is 3.34. The molecule has 0 bridgehead atoms. The number of halogens is 1. The van der Waals surface area contributed by atoms with Crippen LogP contribution in [0.15, 0.2) is 59.1 Å². The quantitative estimate of drug-likeness (QED) is 0.797. The smallest absolute Gasteiger partial charge is 0.239 e. The molecule has 126 valence electrons. The van der Waals surface area contributed by atoms with E-state index >= 15 is 0 Å². The average Bonchev–Trinajstić information content (AvgIpc) is 3.06. The van der Waals surface area contributed by atoms with E-state index in [1.807, 2.05) is 42.5 Å². The van der Waals surface area contributed by atoms with Crippen LogP contribution < -0.4 is 11.1 Å². The Morgan fingerprint density at radius 2 is 1.92 bits per heavy atom. The third kappa shape index (κ3) is 4.04. The van der Waals surface area contributed by atoms with Crippen molar-refractivity contribution in [3.05, 3.63) is 70.2 Å². The Balaban J connectivity index is 1.68. The minimum atomic E-state index is -0.491. The van der Waals surface area contributed by atoms with E-state index in [9.17, 15) is 4.79 Å². The maximum atomic E-state index is 11.9. The van der Waals surface area contributed by atoms with E-state index in [1.165, 1.54) is 5.56 Å². The van der Waals surface area contributed by atoms with Crippen LogP contribution in [0.2, 0.25) is 0 Å². The first-order valence-electron chi connectivity index (χ1n) is 8.10. The largest absolute Gasteiger partial charge is 0.373 e. The van der Waals surface area contributed by atoms with Crippen LogP contribution in [0.4, 0.5) is 0 Å². The molecule has 1 aliphatic rings. The van der Waals surface area contributed by atoms with Crippen LogP contribution in [-0.4, -0.2) is 19.1 Å². The highest BCUT2D eigenvalue weighted by Crippen LogP contribution is 2.34. The fourth-order valence-electron chi connectivity index (χ4n) is 3.16. The molecule has 5 heteroatoms. The summed E-state index contributed by atoms with van der Waals surface area (Å²) in [5.74, 6) is -0.0443. The first kappa shape index (κ1) is 17.1. The highest BCUT2D eigenvalue weighted by atomic mass is 79.9. The lowest BCUT2D eigenvalue weighted by atomic mass is 9.94. The minimum absolute atomic E-state index is 0.0668. The van der Waals surface area contributed by atoms with Crippen molar-refractivity contribution in [2.45, 2.75) is 18.6 Å². The number of benzene rings is 2. The zero-order chi connectivity index (χ0) is 16.9. The summed E-state index contributed by atoms with van der Waals surface area (Å²) < 4.78 is 6.88. The molecular weight excluding hydrogens is 368 g/mol. The molecule has 1 aliphatic heterocycles. The van der Waals surface area contributed by atoms with Crippen LogP contribution in [0.25, 0.3) is 0 Å². The molecule has 0 spiro atoms. The van der Waals surface area contributed by atoms with Crippen molar-refractivity contribution in [2.24, 2.45) is 11.7 Å². The number of hydrogen-bond donors (Lipinski definition) is 2. The molecule has 0 saturated carbocycles. The molecule has 3 rings (SSSR count). The Hall–Kier alpha value is -1.69. The number of nitrogens with two attached hydrogens (primary N) is 1. The van der Waals surface area contributed by atoms with E-state index in [0.717, 1.165) is 23.1 Å². The topological polar surface area (TPSA) is 64.4 Å². The third-order valence-corrected chi connectivity index (χ3v) is 4.94. The van der Waals surface area contributed by atoms with Gasteiger partial charge in [-0.2, -0.15) is 0 Å². The molecule has 1 saturated heterocycles. The fourth-order valence-corrected chi connectivity index (χ4v) is 3.43. The highest BCUT2D eigenvalue weighted by Gasteiger charge is 2.30. The molecule has 0 aliphatic carbocycles. The van der Waals surface area contributed by atoms with Gasteiger partial charge in [0.1, 0.15) is 6.04 Å². The lowest BCUT2D eigenvalue weighted by Crippen LogP contribution is -2.37. The maximum absolute atomic E-state index is 11.9. The average molecular weight is 389 g/mol. The summed E-state index contributed by atoms with van der Waals surface area (Å²) in [6.07, 6.45) is 1.04. The fraction of sp³-hybridized carbons (Fsp3) is 0.316. The number of carbonyl (C=O) groups excluding carboxylic acids is 1. The van der Waals surface area contributed by atoms with Crippen molar-refractivity contribution in [2.75, 3.05) is 13.2 Å². The van der Waals surface area contributed by atoms with Crippen LogP contribution >= 0.6 is 15.9 Å². The first-order chi connectivity index (χ1) is 11.6. The summed E-state index contributed by atoms with van der Waals surface area (Å²) in [6.45, 7) is 1.43. The van der Waals surface area contributed by atoms with Gasteiger partial charge in [-0.25, -0.2) is 0 Å². The molecule has 3 atom stereocenters. The van der Waals surface area contributed by atoms with Crippen molar-refractivity contribution in [3.8, 4) is 0 Å². The monoisotopic (exact) mass is 388 g/mol. The van der Waals surface area contributed by atoms with Gasteiger partial charge in [0.2, 0.25) is 5.91 Å². The summed E-state index contributed by atoms with van der Waals surface area (Å²) in [4.78, 5) is 11.9. The highest BCUT2D eigenvalue weighted by molar-refractivity contribution is 9.10. The molecule has 1 amide bonds. The van der Waals surface area contributed by atoms with E-state index < -0.39 is 6.04 Å². The van der Waals surface area contributed by atoms with Gasteiger partial charge < -0.3 is 15.8 Å². The van der Waals surface area contributed by atoms with Gasteiger partial charge in [0.15, 0.2) is 0 Å². The van der Waals surface area contributed by atoms with Crippen molar-refractivity contribution in [1.29, 1.82) is 0 Å². The predicted molar refractivity (Wildman–Crippen MR) is 97.3 cm³/mol. The van der Waals surface area contributed by atoms with E-state index in [0.29, 0.717) is 12.5 Å². The van der Waals surface area contributed by atoms with Gasteiger partial charge in [-0.3, -0.25) is 4.79 Å². The van der Waals surface area contributed by atoms with Gasteiger partial charge in [-0.05, 0) is 29.7 Å². The summed E-state index contributed by atoms with van der Waals surface area (Å²) in [5, 5.41) is 3.33. The van der Waals surface area contributed by atoms with Crippen LogP contribution in [0.3, 0.4) is 0 Å². The summed E-state index contributed by atoms with van der Waals surface area (Å²) in [5.41, 5.74) is 7.65. The van der Waals surface area contributed by atoms with E-state index in [2.05, 4.69) is 33.4 Å². The van der Waals surface area contributed by atoms with Gasteiger partial charge in [0, 0.05) is 23.5 Å². The Bertz CT molecular complexity index is 676. The summed E-state index contributed by atoms with van der Waals surface area (Å²) in [6, 6.07) is 17.4. The SMILES string of the molecule is NC(=O)[C@@H](NC[C@H]1CCO[C@@H]1c1ccccc1)c1ccc(Br)cc1. The molecule has 1 heterocycles. The van der Waals surface area contributed by atoms with Crippen LogP contribution in [-0.2, 0) is 9.53 Å². The molecule has 24 heavy (non-hydrogen) atoms. The molecule has 2 aromatic rings. The number of ether oxygens (including phenoxy) is 1. The molecule has 3 N–H and O–H groups in total. The molecule has 0 unspecified atom stereocenters. The zero-order valence-corrected chi connectivity index (χ0v) is 14.9. The second-order valence-electron chi connectivity index (χ2n) is 6.05. The van der Waals surface area contributed by atoms with Crippen LogP contribution in [0.5, 0.6) is 0 Å². The Kier molecular flexibility index (Phi) is 5.66. The minimum Gasteiger partial charge on any atom is -0.373 e. The van der Waals surface area contributed by atoms with Crippen molar-refractivity contribution in [1.82, 2.24) is 5.32 Å².